The SMILES string of the molecule is CCCCOc1ccc(OC(F)F)c(-c2cccc(C(N)=O)c2)c1. The van der Waals surface area contributed by atoms with Crippen LogP contribution in [0.15, 0.2) is 42.5 Å². The lowest BCUT2D eigenvalue weighted by Crippen LogP contribution is -2.10. The molecule has 0 aliphatic carbocycles. The number of benzene rings is 2. The highest BCUT2D eigenvalue weighted by Crippen LogP contribution is 2.35. The molecule has 2 N–H and O–H groups in total. The number of rotatable bonds is 8. The molecule has 0 aliphatic rings. The quantitative estimate of drug-likeness (QED) is 0.734. The monoisotopic (exact) mass is 335 g/mol. The van der Waals surface area contributed by atoms with E-state index in [2.05, 4.69) is 4.74 Å². The molecule has 0 spiro atoms. The van der Waals surface area contributed by atoms with Crippen molar-refractivity contribution in [2.75, 3.05) is 6.61 Å². The van der Waals surface area contributed by atoms with Gasteiger partial charge in [0.15, 0.2) is 0 Å². The third kappa shape index (κ3) is 4.68. The van der Waals surface area contributed by atoms with Crippen LogP contribution in [0.4, 0.5) is 8.78 Å². The van der Waals surface area contributed by atoms with Crippen LogP contribution in [0, 0.1) is 0 Å². The van der Waals surface area contributed by atoms with Gasteiger partial charge in [0.25, 0.3) is 0 Å². The van der Waals surface area contributed by atoms with E-state index in [1.54, 1.807) is 30.3 Å². The molecule has 0 fully saturated rings. The molecule has 0 unspecified atom stereocenters. The molecule has 6 heteroatoms. The van der Waals surface area contributed by atoms with Gasteiger partial charge in [-0.1, -0.05) is 25.5 Å². The number of nitrogens with two attached hydrogens (primary N) is 1. The van der Waals surface area contributed by atoms with Crippen LogP contribution in [0.3, 0.4) is 0 Å². The number of carbonyl (C=O) groups excluding carboxylic acids is 1. The highest BCUT2D eigenvalue weighted by Gasteiger charge is 2.14. The fourth-order valence-electron chi connectivity index (χ4n) is 2.20. The number of ether oxygens (including phenoxy) is 2. The molecule has 4 nitrogen and oxygen atoms in total. The average Bonchev–Trinajstić information content (AvgIpc) is 2.56. The van der Waals surface area contributed by atoms with Crippen molar-refractivity contribution in [3.8, 4) is 22.6 Å². The van der Waals surface area contributed by atoms with Gasteiger partial charge in [-0.15, -0.1) is 0 Å². The second-order valence-corrected chi connectivity index (χ2v) is 5.18. The summed E-state index contributed by atoms with van der Waals surface area (Å²) in [7, 11) is 0. The third-order valence-corrected chi connectivity index (χ3v) is 3.39. The molecule has 0 saturated heterocycles. The second kappa shape index (κ2) is 8.29. The van der Waals surface area contributed by atoms with Gasteiger partial charge in [0, 0.05) is 11.1 Å². The van der Waals surface area contributed by atoms with Crippen molar-refractivity contribution in [1.29, 1.82) is 0 Å². The molecule has 0 aromatic heterocycles. The van der Waals surface area contributed by atoms with E-state index in [0.29, 0.717) is 23.5 Å². The van der Waals surface area contributed by atoms with Crippen LogP contribution >= 0.6 is 0 Å². The van der Waals surface area contributed by atoms with Gasteiger partial charge >= 0.3 is 6.61 Å². The molecule has 0 atom stereocenters. The molecule has 128 valence electrons. The van der Waals surface area contributed by atoms with Crippen molar-refractivity contribution >= 4 is 5.91 Å². The zero-order chi connectivity index (χ0) is 17.5. The van der Waals surface area contributed by atoms with Crippen molar-refractivity contribution in [3.63, 3.8) is 0 Å². The first-order valence-corrected chi connectivity index (χ1v) is 7.63. The van der Waals surface area contributed by atoms with Gasteiger partial charge in [-0.05, 0) is 42.3 Å². The molecule has 1 amide bonds. The van der Waals surface area contributed by atoms with E-state index in [4.69, 9.17) is 10.5 Å². The molecule has 0 bridgehead atoms. The minimum Gasteiger partial charge on any atom is -0.494 e. The summed E-state index contributed by atoms with van der Waals surface area (Å²) in [5.41, 5.74) is 6.51. The Kier molecular flexibility index (Phi) is 6.12. The van der Waals surface area contributed by atoms with Gasteiger partial charge in [-0.2, -0.15) is 8.78 Å². The van der Waals surface area contributed by atoms with Crippen LogP contribution in [-0.4, -0.2) is 19.1 Å². The maximum absolute atomic E-state index is 12.6. The predicted octanol–water partition coefficient (Wildman–Crippen LogP) is 4.23. The largest absolute Gasteiger partial charge is 0.494 e. The molecular weight excluding hydrogens is 316 g/mol. The van der Waals surface area contributed by atoms with Gasteiger partial charge in [0.1, 0.15) is 11.5 Å². The van der Waals surface area contributed by atoms with E-state index in [1.807, 2.05) is 6.92 Å². The Morgan fingerprint density at radius 2 is 2.00 bits per heavy atom. The smallest absolute Gasteiger partial charge is 0.387 e. The molecule has 0 aliphatic heterocycles. The van der Waals surface area contributed by atoms with Gasteiger partial charge < -0.3 is 15.2 Å². The molecule has 2 aromatic carbocycles. The number of hydrogen-bond acceptors (Lipinski definition) is 3. The topological polar surface area (TPSA) is 61.6 Å². The van der Waals surface area contributed by atoms with Gasteiger partial charge in [-0.3, -0.25) is 4.79 Å². The second-order valence-electron chi connectivity index (χ2n) is 5.18. The van der Waals surface area contributed by atoms with Gasteiger partial charge in [-0.25, -0.2) is 0 Å². The average molecular weight is 335 g/mol. The minimum atomic E-state index is -2.95. The zero-order valence-electron chi connectivity index (χ0n) is 13.3. The van der Waals surface area contributed by atoms with Crippen LogP contribution in [0.5, 0.6) is 11.5 Å². The van der Waals surface area contributed by atoms with Crippen molar-refractivity contribution in [1.82, 2.24) is 0 Å². The number of unbranched alkanes of at least 4 members (excludes halogenated alkanes) is 1. The molecular formula is C18H19F2NO3. The van der Waals surface area contributed by atoms with Crippen LogP contribution in [0.1, 0.15) is 30.1 Å². The van der Waals surface area contributed by atoms with Crippen LogP contribution in [0.25, 0.3) is 11.1 Å². The summed E-state index contributed by atoms with van der Waals surface area (Å²) >= 11 is 0. The van der Waals surface area contributed by atoms with Crippen molar-refractivity contribution in [2.45, 2.75) is 26.4 Å². The van der Waals surface area contributed by atoms with Crippen molar-refractivity contribution < 1.29 is 23.0 Å². The maximum Gasteiger partial charge on any atom is 0.387 e. The summed E-state index contributed by atoms with van der Waals surface area (Å²) in [5.74, 6) is -0.0393. The number of primary amides is 1. The molecule has 2 aromatic rings. The summed E-state index contributed by atoms with van der Waals surface area (Å²) in [5, 5.41) is 0. The maximum atomic E-state index is 12.6. The standard InChI is InChI=1S/C18H19F2NO3/c1-2-3-9-23-14-7-8-16(24-18(19)20)15(11-14)12-5-4-6-13(10-12)17(21)22/h4-8,10-11,18H,2-3,9H2,1H3,(H2,21,22). The molecule has 0 heterocycles. The summed E-state index contributed by atoms with van der Waals surface area (Å²) < 4.78 is 35.5. The summed E-state index contributed by atoms with van der Waals surface area (Å²) in [6, 6.07) is 11.0. The summed E-state index contributed by atoms with van der Waals surface area (Å²) in [6.45, 7) is -0.370. The Balaban J connectivity index is 2.41. The third-order valence-electron chi connectivity index (χ3n) is 3.39. The first-order chi connectivity index (χ1) is 11.5. The Labute approximate surface area is 139 Å². The van der Waals surface area contributed by atoms with Crippen LogP contribution in [0.2, 0.25) is 0 Å². The fraction of sp³-hybridized carbons (Fsp3) is 0.278. The Bertz CT molecular complexity index is 704. The lowest BCUT2D eigenvalue weighted by atomic mass is 10.0. The molecule has 0 saturated carbocycles. The Morgan fingerprint density at radius 3 is 2.67 bits per heavy atom. The summed E-state index contributed by atoms with van der Waals surface area (Å²) in [4.78, 5) is 11.3. The molecule has 24 heavy (non-hydrogen) atoms. The number of carbonyl (C=O) groups is 1. The van der Waals surface area contributed by atoms with E-state index in [-0.39, 0.29) is 11.3 Å². The predicted molar refractivity (Wildman–Crippen MR) is 87.4 cm³/mol. The Hall–Kier alpha value is -2.63. The number of hydrogen-bond donors (Lipinski definition) is 1. The van der Waals surface area contributed by atoms with E-state index in [1.165, 1.54) is 12.1 Å². The van der Waals surface area contributed by atoms with Crippen molar-refractivity contribution in [3.05, 3.63) is 48.0 Å². The fourth-order valence-corrected chi connectivity index (χ4v) is 2.20. The lowest BCUT2D eigenvalue weighted by Gasteiger charge is -2.14. The first kappa shape index (κ1) is 17.7. The van der Waals surface area contributed by atoms with Crippen molar-refractivity contribution in [2.24, 2.45) is 5.73 Å². The lowest BCUT2D eigenvalue weighted by molar-refractivity contribution is -0.0494. The highest BCUT2D eigenvalue weighted by molar-refractivity contribution is 5.94. The summed E-state index contributed by atoms with van der Waals surface area (Å²) in [6.07, 6.45) is 1.88. The van der Waals surface area contributed by atoms with Crippen LogP contribution < -0.4 is 15.2 Å². The van der Waals surface area contributed by atoms with E-state index < -0.39 is 12.5 Å². The highest BCUT2D eigenvalue weighted by atomic mass is 19.3. The van der Waals surface area contributed by atoms with E-state index in [9.17, 15) is 13.6 Å². The van der Waals surface area contributed by atoms with Gasteiger partial charge in [0.05, 0.1) is 6.61 Å². The number of amides is 1. The van der Waals surface area contributed by atoms with Crippen LogP contribution in [-0.2, 0) is 0 Å². The van der Waals surface area contributed by atoms with E-state index >= 15 is 0 Å². The van der Waals surface area contributed by atoms with E-state index in [0.717, 1.165) is 12.8 Å². The minimum absolute atomic E-state index is 0.00876. The Morgan fingerprint density at radius 1 is 1.21 bits per heavy atom. The molecule has 0 radical (unpaired) electrons. The number of halogens is 2. The normalized spacial score (nSPS) is 10.7. The van der Waals surface area contributed by atoms with Gasteiger partial charge in [0.2, 0.25) is 5.91 Å². The zero-order valence-corrected chi connectivity index (χ0v) is 13.3. The number of alkyl halides is 2. The first-order valence-electron chi connectivity index (χ1n) is 7.63. The molecule has 2 rings (SSSR count).